The van der Waals surface area contributed by atoms with E-state index < -0.39 is 5.97 Å². The van der Waals surface area contributed by atoms with Gasteiger partial charge in [0, 0.05) is 37.5 Å². The maximum Gasteiger partial charge on any atom is 0.335 e. The first-order chi connectivity index (χ1) is 14.6. The van der Waals surface area contributed by atoms with Gasteiger partial charge in [0.1, 0.15) is 5.01 Å². The normalized spacial score (nSPS) is 13.6. The van der Waals surface area contributed by atoms with Gasteiger partial charge in [0.2, 0.25) is 5.91 Å². The summed E-state index contributed by atoms with van der Waals surface area (Å²) in [5.41, 5.74) is 3.39. The van der Waals surface area contributed by atoms with E-state index in [9.17, 15) is 9.59 Å². The van der Waals surface area contributed by atoms with Crippen LogP contribution in [0.25, 0.3) is 0 Å². The molecule has 0 aliphatic carbocycles. The van der Waals surface area contributed by atoms with Crippen molar-refractivity contribution in [2.24, 2.45) is 0 Å². The zero-order chi connectivity index (χ0) is 20.9. The summed E-state index contributed by atoms with van der Waals surface area (Å²) in [6.45, 7) is 3.06. The molecule has 1 aromatic heterocycles. The topological polar surface area (TPSA) is 82.5 Å². The largest absolute Gasteiger partial charge is 0.478 e. The highest BCUT2D eigenvalue weighted by Gasteiger charge is 2.21. The molecule has 7 heteroatoms. The molecule has 4 rings (SSSR count). The fourth-order valence-corrected chi connectivity index (χ4v) is 4.73. The number of rotatable bonds is 7. The number of aromatic nitrogens is 1. The van der Waals surface area contributed by atoms with Gasteiger partial charge in [-0.2, -0.15) is 0 Å². The van der Waals surface area contributed by atoms with Crippen LogP contribution in [0.2, 0.25) is 0 Å². The Labute approximate surface area is 179 Å². The van der Waals surface area contributed by atoms with Crippen LogP contribution >= 0.6 is 11.3 Å². The Morgan fingerprint density at radius 1 is 1.10 bits per heavy atom. The summed E-state index contributed by atoms with van der Waals surface area (Å²) in [6, 6.07) is 17.0. The first-order valence-corrected chi connectivity index (χ1v) is 10.7. The number of hydrogen-bond donors (Lipinski definition) is 2. The lowest BCUT2D eigenvalue weighted by molar-refractivity contribution is -0.120. The second-order valence-electron chi connectivity index (χ2n) is 7.38. The van der Waals surface area contributed by atoms with E-state index in [2.05, 4.69) is 39.5 Å². The first kappa shape index (κ1) is 20.3. The van der Waals surface area contributed by atoms with Crippen LogP contribution in [0.3, 0.4) is 0 Å². The van der Waals surface area contributed by atoms with Crippen molar-refractivity contribution in [3.8, 4) is 0 Å². The minimum Gasteiger partial charge on any atom is -0.478 e. The predicted octanol–water partition coefficient (Wildman–Crippen LogP) is 3.26. The number of nitrogens with zero attached hydrogens (tertiary/aromatic N) is 2. The molecule has 2 N–H and O–H groups in total. The highest BCUT2D eigenvalue weighted by molar-refractivity contribution is 7.11. The maximum absolute atomic E-state index is 12.4. The molecule has 0 bridgehead atoms. The Balaban J connectivity index is 1.31. The van der Waals surface area contributed by atoms with Crippen LogP contribution in [0.15, 0.2) is 54.6 Å². The van der Waals surface area contributed by atoms with Crippen LogP contribution in [0, 0.1) is 0 Å². The van der Waals surface area contributed by atoms with Gasteiger partial charge in [0.05, 0.1) is 17.7 Å². The minimum atomic E-state index is -0.974. The number of nitrogens with one attached hydrogen (secondary N) is 1. The molecule has 0 radical (unpaired) electrons. The molecular weight excluding hydrogens is 398 g/mol. The second kappa shape index (κ2) is 9.19. The first-order valence-electron chi connectivity index (χ1n) is 9.89. The quantitative estimate of drug-likeness (QED) is 0.612. The van der Waals surface area contributed by atoms with Crippen LogP contribution in [-0.2, 0) is 37.3 Å². The van der Waals surface area contributed by atoms with Gasteiger partial charge in [0.25, 0.3) is 0 Å². The Hall–Kier alpha value is -3.03. The van der Waals surface area contributed by atoms with Gasteiger partial charge in [-0.15, -0.1) is 11.3 Å². The monoisotopic (exact) mass is 421 g/mol. The molecule has 1 aliphatic rings. The van der Waals surface area contributed by atoms with E-state index in [-0.39, 0.29) is 17.9 Å². The van der Waals surface area contributed by atoms with Crippen molar-refractivity contribution in [3.05, 3.63) is 86.9 Å². The molecule has 154 valence electrons. The maximum atomic E-state index is 12.4. The van der Waals surface area contributed by atoms with E-state index in [1.165, 1.54) is 16.5 Å². The molecular formula is C23H23N3O3S. The summed E-state index contributed by atoms with van der Waals surface area (Å²) >= 11 is 1.61. The third kappa shape index (κ3) is 5.11. The highest BCUT2D eigenvalue weighted by Crippen LogP contribution is 2.26. The van der Waals surface area contributed by atoms with E-state index in [4.69, 9.17) is 5.11 Å². The molecule has 0 spiro atoms. The fraction of sp³-hybridized carbons (Fsp3) is 0.261. The van der Waals surface area contributed by atoms with Crippen molar-refractivity contribution in [1.29, 1.82) is 0 Å². The number of carbonyl (C=O) groups is 2. The number of benzene rings is 2. The van der Waals surface area contributed by atoms with E-state index in [0.717, 1.165) is 42.3 Å². The number of carboxylic acids is 1. The third-order valence-electron chi connectivity index (χ3n) is 5.08. The third-order valence-corrected chi connectivity index (χ3v) is 6.16. The highest BCUT2D eigenvalue weighted by atomic mass is 32.1. The van der Waals surface area contributed by atoms with Gasteiger partial charge < -0.3 is 10.4 Å². The Bertz CT molecular complexity index is 1050. The number of amides is 1. The van der Waals surface area contributed by atoms with Gasteiger partial charge in [-0.3, -0.25) is 9.69 Å². The summed E-state index contributed by atoms with van der Waals surface area (Å²) in [6.07, 6.45) is 1.15. The molecule has 1 aliphatic heterocycles. The summed E-state index contributed by atoms with van der Waals surface area (Å²) in [5.74, 6) is -1.08. The molecule has 0 fully saturated rings. The standard InChI is InChI=1S/C23H23N3O3S/c27-21(24-13-17-7-4-8-18(11-17)23(28)29)12-22-25-19-9-10-26(15-20(19)30-22)14-16-5-2-1-3-6-16/h1-8,11H,9-10,12-15H2,(H,24,27)(H,28,29). The summed E-state index contributed by atoms with van der Waals surface area (Å²) in [5, 5.41) is 12.8. The average molecular weight is 422 g/mol. The number of aromatic carboxylic acids is 1. The molecule has 2 heterocycles. The predicted molar refractivity (Wildman–Crippen MR) is 115 cm³/mol. The van der Waals surface area contributed by atoms with Crippen molar-refractivity contribution in [1.82, 2.24) is 15.2 Å². The number of carbonyl (C=O) groups excluding carboxylic acids is 1. The van der Waals surface area contributed by atoms with Gasteiger partial charge >= 0.3 is 5.97 Å². The van der Waals surface area contributed by atoms with E-state index in [1.54, 1.807) is 29.5 Å². The van der Waals surface area contributed by atoms with Crippen molar-refractivity contribution in [2.75, 3.05) is 6.54 Å². The van der Waals surface area contributed by atoms with Crippen LogP contribution in [-0.4, -0.2) is 33.4 Å². The van der Waals surface area contributed by atoms with Gasteiger partial charge in [-0.1, -0.05) is 42.5 Å². The smallest absolute Gasteiger partial charge is 0.335 e. The lowest BCUT2D eigenvalue weighted by atomic mass is 10.1. The second-order valence-corrected chi connectivity index (χ2v) is 8.55. The van der Waals surface area contributed by atoms with Gasteiger partial charge in [-0.05, 0) is 23.3 Å². The average Bonchev–Trinajstić information content (AvgIpc) is 3.14. The van der Waals surface area contributed by atoms with Crippen molar-refractivity contribution >= 4 is 23.2 Å². The number of thiazole rings is 1. The van der Waals surface area contributed by atoms with Crippen molar-refractivity contribution in [2.45, 2.75) is 32.5 Å². The van der Waals surface area contributed by atoms with Crippen molar-refractivity contribution in [3.63, 3.8) is 0 Å². The van der Waals surface area contributed by atoms with Crippen LogP contribution in [0.5, 0.6) is 0 Å². The summed E-state index contributed by atoms with van der Waals surface area (Å²) < 4.78 is 0. The zero-order valence-corrected chi connectivity index (χ0v) is 17.3. The Morgan fingerprint density at radius 3 is 2.70 bits per heavy atom. The van der Waals surface area contributed by atoms with Crippen LogP contribution in [0.1, 0.15) is 37.1 Å². The molecule has 1 amide bonds. The molecule has 30 heavy (non-hydrogen) atoms. The SMILES string of the molecule is O=C(Cc1nc2c(s1)CN(Cc1ccccc1)CC2)NCc1cccc(C(=O)O)c1. The van der Waals surface area contributed by atoms with E-state index in [1.807, 2.05) is 6.07 Å². The lowest BCUT2D eigenvalue weighted by Gasteiger charge is -2.25. The molecule has 0 saturated carbocycles. The van der Waals surface area contributed by atoms with E-state index in [0.29, 0.717) is 6.54 Å². The molecule has 2 aromatic carbocycles. The molecule has 3 aromatic rings. The molecule has 0 saturated heterocycles. The number of hydrogen-bond acceptors (Lipinski definition) is 5. The number of carboxylic acid groups (broad SMARTS) is 1. The summed E-state index contributed by atoms with van der Waals surface area (Å²) in [7, 11) is 0. The molecule has 0 atom stereocenters. The Kier molecular flexibility index (Phi) is 6.21. The number of fused-ring (bicyclic) bond motifs is 1. The van der Waals surface area contributed by atoms with Crippen LogP contribution < -0.4 is 5.32 Å². The van der Waals surface area contributed by atoms with Crippen LogP contribution in [0.4, 0.5) is 0 Å². The van der Waals surface area contributed by atoms with E-state index >= 15 is 0 Å². The van der Waals surface area contributed by atoms with Gasteiger partial charge in [-0.25, -0.2) is 9.78 Å². The fourth-order valence-electron chi connectivity index (χ4n) is 3.57. The summed E-state index contributed by atoms with van der Waals surface area (Å²) in [4.78, 5) is 31.7. The zero-order valence-electron chi connectivity index (χ0n) is 16.5. The molecule has 0 unspecified atom stereocenters. The van der Waals surface area contributed by atoms with Crippen molar-refractivity contribution < 1.29 is 14.7 Å². The lowest BCUT2D eigenvalue weighted by Crippen LogP contribution is -2.29. The minimum absolute atomic E-state index is 0.108. The van der Waals surface area contributed by atoms with Gasteiger partial charge in [0.15, 0.2) is 0 Å². The Morgan fingerprint density at radius 2 is 1.90 bits per heavy atom. The molecule has 6 nitrogen and oxygen atoms in total.